The molecule has 0 spiro atoms. The Hall–Kier alpha value is -0.720. The zero-order chi connectivity index (χ0) is 8.91. The van der Waals surface area contributed by atoms with Crippen LogP contribution in [0.5, 0.6) is 0 Å². The molecule has 0 saturated carbocycles. The second-order valence-electron chi connectivity index (χ2n) is 2.54. The molecule has 0 N–H and O–H groups in total. The summed E-state index contributed by atoms with van der Waals surface area (Å²) in [5.74, 6) is -0.266. The van der Waals surface area contributed by atoms with Crippen molar-refractivity contribution in [3.63, 3.8) is 0 Å². The fraction of sp³-hybridized carbons (Fsp3) is 0.857. The Bertz CT molecular complexity index is 145. The predicted octanol–water partition coefficient (Wildman–Crippen LogP) is 2.88. The van der Waals surface area contributed by atoms with E-state index in [1.54, 1.807) is 6.92 Å². The molecule has 0 aliphatic carbocycles. The highest BCUT2D eigenvalue weighted by Gasteiger charge is 2.26. The van der Waals surface area contributed by atoms with Gasteiger partial charge in [-0.3, -0.25) is 0 Å². The molecule has 0 saturated heterocycles. The largest absolute Gasteiger partial charge is 0.389 e. The number of rotatable bonds is 3. The standard InChI is InChI=1S/C7H10F3N/c1-6(5-11)3-2-4-7(8,9)10/h6H,2-4H2,1H3. The van der Waals surface area contributed by atoms with Gasteiger partial charge in [-0.05, 0) is 19.8 Å². The highest BCUT2D eigenvalue weighted by Crippen LogP contribution is 2.23. The van der Waals surface area contributed by atoms with Crippen molar-refractivity contribution in [2.24, 2.45) is 5.92 Å². The van der Waals surface area contributed by atoms with Crippen LogP contribution in [0.3, 0.4) is 0 Å². The molecule has 0 amide bonds. The van der Waals surface area contributed by atoms with Gasteiger partial charge in [0, 0.05) is 12.3 Å². The van der Waals surface area contributed by atoms with Gasteiger partial charge in [0.25, 0.3) is 0 Å². The van der Waals surface area contributed by atoms with Crippen LogP contribution in [0, 0.1) is 17.2 Å². The lowest BCUT2D eigenvalue weighted by Gasteiger charge is -2.05. The third-order valence-electron chi connectivity index (χ3n) is 1.32. The monoisotopic (exact) mass is 165 g/mol. The minimum atomic E-state index is -4.07. The zero-order valence-electron chi connectivity index (χ0n) is 6.28. The summed E-state index contributed by atoms with van der Waals surface area (Å²) in [5, 5.41) is 8.23. The topological polar surface area (TPSA) is 23.8 Å². The van der Waals surface area contributed by atoms with Gasteiger partial charge in [-0.2, -0.15) is 18.4 Å². The highest BCUT2D eigenvalue weighted by molar-refractivity contribution is 4.78. The maximum Gasteiger partial charge on any atom is 0.389 e. The molecule has 64 valence electrons. The maximum atomic E-state index is 11.5. The van der Waals surface area contributed by atoms with Crippen molar-refractivity contribution in [2.75, 3.05) is 0 Å². The van der Waals surface area contributed by atoms with Crippen LogP contribution in [0.25, 0.3) is 0 Å². The molecular weight excluding hydrogens is 155 g/mol. The highest BCUT2D eigenvalue weighted by atomic mass is 19.4. The number of halogens is 3. The Morgan fingerprint density at radius 2 is 2.00 bits per heavy atom. The number of nitriles is 1. The van der Waals surface area contributed by atoms with Crippen LogP contribution < -0.4 is 0 Å². The lowest BCUT2D eigenvalue weighted by molar-refractivity contribution is -0.135. The summed E-state index contributed by atoms with van der Waals surface area (Å²) >= 11 is 0. The van der Waals surface area contributed by atoms with Gasteiger partial charge < -0.3 is 0 Å². The van der Waals surface area contributed by atoms with Crippen molar-refractivity contribution in [3.05, 3.63) is 0 Å². The van der Waals surface area contributed by atoms with E-state index in [2.05, 4.69) is 0 Å². The Morgan fingerprint density at radius 3 is 2.36 bits per heavy atom. The van der Waals surface area contributed by atoms with Crippen LogP contribution in [-0.2, 0) is 0 Å². The van der Waals surface area contributed by atoms with Crippen LogP contribution in [-0.4, -0.2) is 6.18 Å². The van der Waals surface area contributed by atoms with Gasteiger partial charge in [0.1, 0.15) is 0 Å². The summed E-state index contributed by atoms with van der Waals surface area (Å²) in [6.45, 7) is 1.62. The van der Waals surface area contributed by atoms with Gasteiger partial charge in [0.15, 0.2) is 0 Å². The van der Waals surface area contributed by atoms with Gasteiger partial charge in [-0.1, -0.05) is 0 Å². The second-order valence-corrected chi connectivity index (χ2v) is 2.54. The van der Waals surface area contributed by atoms with Crippen LogP contribution in [0.1, 0.15) is 26.2 Å². The zero-order valence-corrected chi connectivity index (χ0v) is 6.28. The Morgan fingerprint density at radius 1 is 1.45 bits per heavy atom. The number of hydrogen-bond acceptors (Lipinski definition) is 1. The maximum absolute atomic E-state index is 11.5. The molecule has 11 heavy (non-hydrogen) atoms. The Labute approximate surface area is 63.8 Å². The molecular formula is C7H10F3N. The van der Waals surface area contributed by atoms with E-state index in [4.69, 9.17) is 5.26 Å². The smallest absolute Gasteiger partial charge is 0.198 e. The first-order valence-electron chi connectivity index (χ1n) is 3.42. The molecule has 0 radical (unpaired) electrons. The molecule has 4 heteroatoms. The van der Waals surface area contributed by atoms with E-state index >= 15 is 0 Å². The summed E-state index contributed by atoms with van der Waals surface area (Å²) in [6.07, 6.45) is -4.47. The summed E-state index contributed by atoms with van der Waals surface area (Å²) in [4.78, 5) is 0. The molecule has 1 unspecified atom stereocenters. The first-order chi connectivity index (χ1) is 4.95. The van der Waals surface area contributed by atoms with E-state index in [1.807, 2.05) is 6.07 Å². The van der Waals surface area contributed by atoms with Gasteiger partial charge in [-0.25, -0.2) is 0 Å². The predicted molar refractivity (Wildman–Crippen MR) is 34.7 cm³/mol. The average molecular weight is 165 g/mol. The number of nitrogens with zero attached hydrogens (tertiary/aromatic N) is 1. The summed E-state index contributed by atoms with van der Waals surface area (Å²) in [6, 6.07) is 1.88. The average Bonchev–Trinajstić information content (AvgIpc) is 1.85. The fourth-order valence-corrected chi connectivity index (χ4v) is 0.673. The van der Waals surface area contributed by atoms with Crippen LogP contribution in [0.4, 0.5) is 13.2 Å². The Kier molecular flexibility index (Phi) is 3.94. The minimum Gasteiger partial charge on any atom is -0.198 e. The molecule has 0 aromatic heterocycles. The third-order valence-corrected chi connectivity index (χ3v) is 1.32. The van der Waals surface area contributed by atoms with Gasteiger partial charge in [0.2, 0.25) is 0 Å². The van der Waals surface area contributed by atoms with Crippen LogP contribution in [0.15, 0.2) is 0 Å². The summed E-state index contributed by atoms with van der Waals surface area (Å²) in [7, 11) is 0. The van der Waals surface area contributed by atoms with E-state index in [1.165, 1.54) is 0 Å². The molecule has 0 heterocycles. The fourth-order valence-electron chi connectivity index (χ4n) is 0.673. The van der Waals surface area contributed by atoms with Crippen molar-refractivity contribution in [1.82, 2.24) is 0 Å². The van der Waals surface area contributed by atoms with E-state index in [-0.39, 0.29) is 12.3 Å². The van der Waals surface area contributed by atoms with E-state index in [9.17, 15) is 13.2 Å². The molecule has 0 rings (SSSR count). The van der Waals surface area contributed by atoms with Crippen molar-refractivity contribution in [1.29, 1.82) is 5.26 Å². The molecule has 0 aromatic rings. The lowest BCUT2D eigenvalue weighted by atomic mass is 10.1. The van der Waals surface area contributed by atoms with E-state index < -0.39 is 12.6 Å². The van der Waals surface area contributed by atoms with Gasteiger partial charge in [-0.15, -0.1) is 0 Å². The molecule has 0 bridgehead atoms. The van der Waals surface area contributed by atoms with Gasteiger partial charge >= 0.3 is 6.18 Å². The molecule has 0 aliphatic rings. The van der Waals surface area contributed by atoms with Crippen LogP contribution >= 0.6 is 0 Å². The SMILES string of the molecule is CC(C#N)CCCC(F)(F)F. The Balaban J connectivity index is 3.37. The van der Waals surface area contributed by atoms with E-state index in [0.29, 0.717) is 6.42 Å². The number of hydrogen-bond donors (Lipinski definition) is 0. The molecule has 1 atom stereocenters. The lowest BCUT2D eigenvalue weighted by Crippen LogP contribution is -2.07. The molecule has 0 fully saturated rings. The molecule has 0 aliphatic heterocycles. The van der Waals surface area contributed by atoms with Crippen molar-refractivity contribution in [2.45, 2.75) is 32.4 Å². The molecule has 1 nitrogen and oxygen atoms in total. The summed E-state index contributed by atoms with van der Waals surface area (Å²) in [5.41, 5.74) is 0. The summed E-state index contributed by atoms with van der Waals surface area (Å²) < 4.78 is 34.6. The first kappa shape index (κ1) is 10.3. The number of alkyl halides is 3. The normalized spacial score (nSPS) is 14.1. The van der Waals surface area contributed by atoms with Crippen molar-refractivity contribution < 1.29 is 13.2 Å². The van der Waals surface area contributed by atoms with Crippen molar-refractivity contribution in [3.8, 4) is 6.07 Å². The van der Waals surface area contributed by atoms with Gasteiger partial charge in [0.05, 0.1) is 6.07 Å². The molecule has 0 aromatic carbocycles. The van der Waals surface area contributed by atoms with E-state index in [0.717, 1.165) is 0 Å². The second kappa shape index (κ2) is 4.22. The minimum absolute atomic E-state index is 0.0538. The quantitative estimate of drug-likeness (QED) is 0.630. The van der Waals surface area contributed by atoms with Crippen LogP contribution in [0.2, 0.25) is 0 Å². The van der Waals surface area contributed by atoms with Crippen molar-refractivity contribution >= 4 is 0 Å². The first-order valence-corrected chi connectivity index (χ1v) is 3.42. The third kappa shape index (κ3) is 7.17.